The van der Waals surface area contributed by atoms with Gasteiger partial charge in [-0.25, -0.2) is 13.5 Å². The maximum atomic E-state index is 12.9. The maximum absolute atomic E-state index is 12.9. The smallest absolute Gasteiger partial charge is 0.277 e. The van der Waals surface area contributed by atoms with Crippen LogP contribution in [0.1, 0.15) is 46.9 Å². The molecule has 0 bridgehead atoms. The van der Waals surface area contributed by atoms with Gasteiger partial charge in [-0.05, 0) is 43.0 Å². The third kappa shape index (κ3) is 4.11. The Labute approximate surface area is 170 Å². The third-order valence-electron chi connectivity index (χ3n) is 5.39. The molecule has 0 radical (unpaired) electrons. The van der Waals surface area contributed by atoms with E-state index in [1.54, 1.807) is 26.0 Å². The van der Waals surface area contributed by atoms with Crippen molar-refractivity contribution in [1.29, 1.82) is 0 Å². The van der Waals surface area contributed by atoms with Crippen LogP contribution in [-0.4, -0.2) is 59.9 Å². The number of aromatic amines is 1. The lowest BCUT2D eigenvalue weighted by Crippen LogP contribution is -2.51. The Balaban J connectivity index is 1.74. The highest BCUT2D eigenvalue weighted by Crippen LogP contribution is 2.22. The molecule has 2 heterocycles. The quantitative estimate of drug-likeness (QED) is 0.813. The van der Waals surface area contributed by atoms with Crippen molar-refractivity contribution < 1.29 is 13.2 Å². The summed E-state index contributed by atoms with van der Waals surface area (Å²) in [7, 11) is -3.62. The molecule has 8 nitrogen and oxygen atoms in total. The molecule has 2 aromatic rings. The number of sulfonamides is 1. The Morgan fingerprint density at radius 2 is 1.66 bits per heavy atom. The zero-order valence-corrected chi connectivity index (χ0v) is 17.9. The lowest BCUT2D eigenvalue weighted by molar-refractivity contribution is 0.0695. The largest absolute Gasteiger partial charge is 0.336 e. The van der Waals surface area contributed by atoms with Crippen LogP contribution in [0.5, 0.6) is 0 Å². The molecule has 0 saturated carbocycles. The molecule has 1 amide bonds. The van der Waals surface area contributed by atoms with Gasteiger partial charge in [-0.1, -0.05) is 26.0 Å². The molecule has 29 heavy (non-hydrogen) atoms. The standard InChI is InChI=1S/C20H26N4O4S/c1-13(2)16-5-7-17(8-6-16)29(27,28)24-11-9-23(10-12-24)20(26)18-14(3)15(4)21-22-19(18)25/h5-8,13H,9-12H2,1-4H3,(H,22,25). The van der Waals surface area contributed by atoms with Crippen molar-refractivity contribution in [3.63, 3.8) is 0 Å². The van der Waals surface area contributed by atoms with Gasteiger partial charge in [0, 0.05) is 26.2 Å². The van der Waals surface area contributed by atoms with Gasteiger partial charge in [-0.3, -0.25) is 9.59 Å². The molecule has 156 valence electrons. The predicted octanol–water partition coefficient (Wildman–Crippen LogP) is 1.66. The molecule has 1 saturated heterocycles. The summed E-state index contributed by atoms with van der Waals surface area (Å²) in [6.07, 6.45) is 0. The molecule has 0 atom stereocenters. The zero-order chi connectivity index (χ0) is 21.3. The first-order chi connectivity index (χ1) is 13.6. The van der Waals surface area contributed by atoms with E-state index < -0.39 is 21.5 Å². The first-order valence-electron chi connectivity index (χ1n) is 9.58. The van der Waals surface area contributed by atoms with E-state index in [4.69, 9.17) is 0 Å². The first-order valence-corrected chi connectivity index (χ1v) is 11.0. The van der Waals surface area contributed by atoms with Gasteiger partial charge in [0.25, 0.3) is 11.5 Å². The molecule has 0 unspecified atom stereocenters. The van der Waals surface area contributed by atoms with E-state index in [2.05, 4.69) is 24.0 Å². The second-order valence-corrected chi connectivity index (χ2v) is 9.50. The molecular formula is C20H26N4O4S. The number of rotatable bonds is 4. The van der Waals surface area contributed by atoms with Gasteiger partial charge in [0.1, 0.15) is 5.56 Å². The van der Waals surface area contributed by atoms with Gasteiger partial charge in [-0.2, -0.15) is 9.40 Å². The van der Waals surface area contributed by atoms with Crippen LogP contribution < -0.4 is 5.56 Å². The Hall–Kier alpha value is -2.52. The molecule has 3 rings (SSSR count). The molecule has 0 spiro atoms. The summed E-state index contributed by atoms with van der Waals surface area (Å²) in [5.41, 5.74) is 1.74. The van der Waals surface area contributed by atoms with Crippen LogP contribution in [0.2, 0.25) is 0 Å². The number of aryl methyl sites for hydroxylation is 1. The van der Waals surface area contributed by atoms with Crippen molar-refractivity contribution in [3.05, 3.63) is 57.0 Å². The van der Waals surface area contributed by atoms with E-state index in [-0.39, 0.29) is 36.6 Å². The summed E-state index contributed by atoms with van der Waals surface area (Å²) in [5, 5.41) is 6.20. The van der Waals surface area contributed by atoms with Gasteiger partial charge in [0.2, 0.25) is 10.0 Å². The Morgan fingerprint density at radius 1 is 1.07 bits per heavy atom. The van der Waals surface area contributed by atoms with Gasteiger partial charge in [0.15, 0.2) is 0 Å². The predicted molar refractivity (Wildman–Crippen MR) is 110 cm³/mol. The van der Waals surface area contributed by atoms with Gasteiger partial charge in [0.05, 0.1) is 10.6 Å². The summed E-state index contributed by atoms with van der Waals surface area (Å²) in [6, 6.07) is 6.92. The fraction of sp³-hybridized carbons (Fsp3) is 0.450. The van der Waals surface area contributed by atoms with Crippen molar-refractivity contribution in [1.82, 2.24) is 19.4 Å². The average Bonchev–Trinajstić information content (AvgIpc) is 2.71. The number of piperazine rings is 1. The number of amides is 1. The van der Waals surface area contributed by atoms with Crippen molar-refractivity contribution in [3.8, 4) is 0 Å². The van der Waals surface area contributed by atoms with Crippen LogP contribution >= 0.6 is 0 Å². The van der Waals surface area contributed by atoms with E-state index in [0.717, 1.165) is 5.56 Å². The summed E-state index contributed by atoms with van der Waals surface area (Å²) >= 11 is 0. The monoisotopic (exact) mass is 418 g/mol. The maximum Gasteiger partial charge on any atom is 0.277 e. The van der Waals surface area contributed by atoms with E-state index in [9.17, 15) is 18.0 Å². The summed E-state index contributed by atoms with van der Waals surface area (Å²) in [5.74, 6) is -0.0719. The summed E-state index contributed by atoms with van der Waals surface area (Å²) < 4.78 is 27.2. The fourth-order valence-corrected chi connectivity index (χ4v) is 4.77. The Morgan fingerprint density at radius 3 is 2.21 bits per heavy atom. The average molecular weight is 419 g/mol. The van der Waals surface area contributed by atoms with E-state index >= 15 is 0 Å². The number of hydrogen-bond donors (Lipinski definition) is 1. The minimum absolute atomic E-state index is 0.0677. The Bertz CT molecular complexity index is 1070. The van der Waals surface area contributed by atoms with E-state index in [0.29, 0.717) is 17.2 Å². The summed E-state index contributed by atoms with van der Waals surface area (Å²) in [4.78, 5) is 26.7. The highest BCUT2D eigenvalue weighted by molar-refractivity contribution is 7.89. The second-order valence-electron chi connectivity index (χ2n) is 7.56. The van der Waals surface area contributed by atoms with Crippen LogP contribution in [0.25, 0.3) is 0 Å². The molecule has 1 aliphatic heterocycles. The highest BCUT2D eigenvalue weighted by Gasteiger charge is 2.31. The van der Waals surface area contributed by atoms with Crippen LogP contribution in [0.4, 0.5) is 0 Å². The second kappa shape index (κ2) is 8.08. The lowest BCUT2D eigenvalue weighted by atomic mass is 10.0. The van der Waals surface area contributed by atoms with Crippen molar-refractivity contribution >= 4 is 15.9 Å². The number of carbonyl (C=O) groups is 1. The van der Waals surface area contributed by atoms with Crippen molar-refractivity contribution in [2.75, 3.05) is 26.2 Å². The number of aromatic nitrogens is 2. The van der Waals surface area contributed by atoms with Crippen molar-refractivity contribution in [2.24, 2.45) is 0 Å². The van der Waals surface area contributed by atoms with Gasteiger partial charge < -0.3 is 4.90 Å². The van der Waals surface area contributed by atoms with Crippen LogP contribution in [0.15, 0.2) is 34.0 Å². The van der Waals surface area contributed by atoms with Crippen LogP contribution in [-0.2, 0) is 10.0 Å². The molecule has 9 heteroatoms. The number of carbonyl (C=O) groups excluding carboxylic acids is 1. The molecule has 1 aliphatic rings. The number of hydrogen-bond acceptors (Lipinski definition) is 5. The molecule has 1 N–H and O–H groups in total. The summed E-state index contributed by atoms with van der Waals surface area (Å²) in [6.45, 7) is 8.32. The zero-order valence-electron chi connectivity index (χ0n) is 17.1. The highest BCUT2D eigenvalue weighted by atomic mass is 32.2. The lowest BCUT2D eigenvalue weighted by Gasteiger charge is -2.34. The van der Waals surface area contributed by atoms with E-state index in [1.165, 1.54) is 9.21 Å². The third-order valence-corrected chi connectivity index (χ3v) is 7.31. The number of nitrogens with zero attached hydrogens (tertiary/aromatic N) is 3. The molecule has 0 aliphatic carbocycles. The number of H-pyrrole nitrogens is 1. The number of benzene rings is 1. The van der Waals surface area contributed by atoms with Crippen LogP contribution in [0, 0.1) is 13.8 Å². The molecule has 1 aromatic heterocycles. The topological polar surface area (TPSA) is 103 Å². The molecule has 1 aromatic carbocycles. The van der Waals surface area contributed by atoms with Crippen molar-refractivity contribution in [2.45, 2.75) is 38.5 Å². The SMILES string of the molecule is Cc1n[nH]c(=O)c(C(=O)N2CCN(S(=O)(=O)c3ccc(C(C)C)cc3)CC2)c1C. The normalized spacial score (nSPS) is 15.7. The first kappa shape index (κ1) is 21.2. The fourth-order valence-electron chi connectivity index (χ4n) is 3.35. The Kier molecular flexibility index (Phi) is 5.90. The minimum Gasteiger partial charge on any atom is -0.336 e. The van der Waals surface area contributed by atoms with Crippen LogP contribution in [0.3, 0.4) is 0 Å². The van der Waals surface area contributed by atoms with Gasteiger partial charge >= 0.3 is 0 Å². The molecule has 1 fully saturated rings. The van der Waals surface area contributed by atoms with Gasteiger partial charge in [-0.15, -0.1) is 0 Å². The van der Waals surface area contributed by atoms with E-state index in [1.807, 2.05) is 12.1 Å². The number of nitrogens with one attached hydrogen (secondary N) is 1. The molecular weight excluding hydrogens is 392 g/mol. The minimum atomic E-state index is -3.62.